The van der Waals surface area contributed by atoms with Gasteiger partial charge in [0.25, 0.3) is 0 Å². The largest absolute Gasteiger partial charge is 0.444 e. The number of hydrogen-bond acceptors (Lipinski definition) is 3. The van der Waals surface area contributed by atoms with E-state index in [4.69, 9.17) is 10.00 Å². The van der Waals surface area contributed by atoms with Crippen molar-refractivity contribution in [3.8, 4) is 6.07 Å². The highest BCUT2D eigenvalue weighted by atomic mass is 19.1. The van der Waals surface area contributed by atoms with Crippen molar-refractivity contribution in [2.24, 2.45) is 0 Å². The summed E-state index contributed by atoms with van der Waals surface area (Å²) in [6.07, 6.45) is 2.62. The number of ether oxygens (including phenoxy) is 1. The number of benzene rings is 1. The number of carbonyl (C=O) groups is 1. The molecule has 0 unspecified atom stereocenters. The van der Waals surface area contributed by atoms with E-state index in [1.54, 1.807) is 26.8 Å². The molecule has 1 N–H and O–H groups in total. The maximum Gasteiger partial charge on any atom is 0.407 e. The van der Waals surface area contributed by atoms with Gasteiger partial charge in [-0.2, -0.15) is 5.26 Å². The number of hydrogen-bond donors (Lipinski definition) is 1. The van der Waals surface area contributed by atoms with Gasteiger partial charge in [-0.15, -0.1) is 0 Å². The molecule has 0 aliphatic carbocycles. The van der Waals surface area contributed by atoms with Gasteiger partial charge in [0.1, 0.15) is 11.4 Å². The molecule has 0 saturated heterocycles. The van der Waals surface area contributed by atoms with Crippen molar-refractivity contribution < 1.29 is 13.9 Å². The molecule has 1 amide bonds. The standard InChI is InChI=1S/C15H17FN2O2/c1-15(2,3)20-14(19)18-8-4-5-12-7-6-11(10-17)9-13(12)16/h4-7,9H,8H2,1-3H3,(H,18,19). The zero-order chi connectivity index (χ0) is 15.2. The maximum atomic E-state index is 13.5. The van der Waals surface area contributed by atoms with Crippen LogP contribution in [0.25, 0.3) is 6.08 Å². The van der Waals surface area contributed by atoms with E-state index in [-0.39, 0.29) is 12.1 Å². The van der Waals surface area contributed by atoms with Crippen LogP contribution in [0.2, 0.25) is 0 Å². The molecule has 0 heterocycles. The quantitative estimate of drug-likeness (QED) is 0.921. The Morgan fingerprint density at radius 3 is 2.75 bits per heavy atom. The molecule has 1 aromatic carbocycles. The molecule has 0 aliphatic rings. The topological polar surface area (TPSA) is 62.1 Å². The minimum atomic E-state index is -0.549. The second kappa shape index (κ2) is 6.71. The Hall–Kier alpha value is -2.35. The fourth-order valence-electron chi connectivity index (χ4n) is 1.37. The number of rotatable bonds is 3. The van der Waals surface area contributed by atoms with Crippen molar-refractivity contribution in [3.05, 3.63) is 41.2 Å². The summed E-state index contributed by atoms with van der Waals surface area (Å²) in [4.78, 5) is 11.3. The third-order valence-electron chi connectivity index (χ3n) is 2.19. The molecular formula is C15H17FN2O2. The summed E-state index contributed by atoms with van der Waals surface area (Å²) >= 11 is 0. The number of nitrogens with zero attached hydrogens (tertiary/aromatic N) is 1. The van der Waals surface area contributed by atoms with Crippen LogP contribution in [0.3, 0.4) is 0 Å². The summed E-state index contributed by atoms with van der Waals surface area (Å²) in [5, 5.41) is 11.2. The normalized spacial score (nSPS) is 11.2. The first kappa shape index (κ1) is 15.7. The van der Waals surface area contributed by atoms with Crippen molar-refractivity contribution in [3.63, 3.8) is 0 Å². The average molecular weight is 276 g/mol. The fourth-order valence-corrected chi connectivity index (χ4v) is 1.37. The van der Waals surface area contributed by atoms with Crippen LogP contribution in [-0.4, -0.2) is 18.2 Å². The van der Waals surface area contributed by atoms with Gasteiger partial charge in [0.05, 0.1) is 11.6 Å². The lowest BCUT2D eigenvalue weighted by molar-refractivity contribution is 0.0534. The summed E-state index contributed by atoms with van der Waals surface area (Å²) in [5.74, 6) is -0.474. The Morgan fingerprint density at radius 2 is 2.20 bits per heavy atom. The zero-order valence-corrected chi connectivity index (χ0v) is 11.7. The Labute approximate surface area is 117 Å². The van der Waals surface area contributed by atoms with E-state index in [2.05, 4.69) is 5.32 Å². The molecule has 0 atom stereocenters. The third kappa shape index (κ3) is 5.53. The lowest BCUT2D eigenvalue weighted by Crippen LogP contribution is -2.32. The molecule has 0 aliphatic heterocycles. The Morgan fingerprint density at radius 1 is 1.50 bits per heavy atom. The van der Waals surface area contributed by atoms with Gasteiger partial charge in [-0.25, -0.2) is 9.18 Å². The third-order valence-corrected chi connectivity index (χ3v) is 2.19. The number of alkyl carbamates (subject to hydrolysis) is 1. The van der Waals surface area contributed by atoms with Crippen LogP contribution >= 0.6 is 0 Å². The minimum Gasteiger partial charge on any atom is -0.444 e. The summed E-state index contributed by atoms with van der Waals surface area (Å²) in [7, 11) is 0. The molecule has 4 nitrogen and oxygen atoms in total. The maximum absolute atomic E-state index is 13.5. The first-order valence-corrected chi connectivity index (χ1v) is 6.15. The van der Waals surface area contributed by atoms with Gasteiger partial charge in [0.15, 0.2) is 0 Å². The Kier molecular flexibility index (Phi) is 5.27. The molecule has 0 radical (unpaired) electrons. The van der Waals surface area contributed by atoms with Crippen molar-refractivity contribution in [2.45, 2.75) is 26.4 Å². The first-order chi connectivity index (χ1) is 9.31. The molecule has 106 valence electrons. The molecule has 0 fully saturated rings. The van der Waals surface area contributed by atoms with Crippen molar-refractivity contribution >= 4 is 12.2 Å². The van der Waals surface area contributed by atoms with Gasteiger partial charge < -0.3 is 10.1 Å². The lowest BCUT2D eigenvalue weighted by Gasteiger charge is -2.19. The van der Waals surface area contributed by atoms with E-state index in [1.807, 2.05) is 6.07 Å². The summed E-state index contributed by atoms with van der Waals surface area (Å²) in [6.45, 7) is 5.55. The van der Waals surface area contributed by atoms with E-state index in [0.717, 1.165) is 0 Å². The molecule has 0 spiro atoms. The molecule has 1 aromatic rings. The summed E-state index contributed by atoms with van der Waals surface area (Å²) in [5.41, 5.74) is 0.0778. The fraction of sp³-hybridized carbons (Fsp3) is 0.333. The van der Waals surface area contributed by atoms with Crippen LogP contribution in [0.4, 0.5) is 9.18 Å². The minimum absolute atomic E-state index is 0.231. The number of carbonyl (C=O) groups excluding carboxylic acids is 1. The average Bonchev–Trinajstić information content (AvgIpc) is 2.33. The van der Waals surface area contributed by atoms with E-state index in [9.17, 15) is 9.18 Å². The lowest BCUT2D eigenvalue weighted by atomic mass is 10.1. The summed E-state index contributed by atoms with van der Waals surface area (Å²) in [6, 6.07) is 6.07. The van der Waals surface area contributed by atoms with Gasteiger partial charge in [-0.05, 0) is 32.9 Å². The monoisotopic (exact) mass is 276 g/mol. The van der Waals surface area contributed by atoms with E-state index >= 15 is 0 Å². The first-order valence-electron chi connectivity index (χ1n) is 6.15. The highest BCUT2D eigenvalue weighted by molar-refractivity contribution is 5.68. The van der Waals surface area contributed by atoms with Crippen molar-refractivity contribution in [1.29, 1.82) is 5.26 Å². The van der Waals surface area contributed by atoms with Crippen LogP contribution in [0, 0.1) is 17.1 Å². The number of nitrogens with one attached hydrogen (secondary N) is 1. The number of nitriles is 1. The number of halogens is 1. The highest BCUT2D eigenvalue weighted by Gasteiger charge is 2.14. The van der Waals surface area contributed by atoms with Crippen LogP contribution in [0.5, 0.6) is 0 Å². The predicted molar refractivity (Wildman–Crippen MR) is 74.4 cm³/mol. The number of amides is 1. The highest BCUT2D eigenvalue weighted by Crippen LogP contribution is 2.11. The van der Waals surface area contributed by atoms with Crippen LogP contribution in [0.15, 0.2) is 24.3 Å². The van der Waals surface area contributed by atoms with Gasteiger partial charge in [0, 0.05) is 12.1 Å². The van der Waals surface area contributed by atoms with Gasteiger partial charge in [-0.3, -0.25) is 0 Å². The van der Waals surface area contributed by atoms with Crippen molar-refractivity contribution in [1.82, 2.24) is 5.32 Å². The predicted octanol–water partition coefficient (Wildman–Crippen LogP) is 3.24. The Bertz CT molecular complexity index is 554. The van der Waals surface area contributed by atoms with Crippen molar-refractivity contribution in [2.75, 3.05) is 6.54 Å². The molecule has 0 aromatic heterocycles. The molecule has 20 heavy (non-hydrogen) atoms. The van der Waals surface area contributed by atoms with E-state index in [0.29, 0.717) is 5.56 Å². The SMILES string of the molecule is CC(C)(C)OC(=O)NCC=Cc1ccc(C#N)cc1F. The smallest absolute Gasteiger partial charge is 0.407 e. The Balaban J connectivity index is 2.50. The van der Waals surface area contributed by atoms with Crippen LogP contribution in [0.1, 0.15) is 31.9 Å². The van der Waals surface area contributed by atoms with Crippen LogP contribution in [-0.2, 0) is 4.74 Å². The van der Waals surface area contributed by atoms with Gasteiger partial charge in [0.2, 0.25) is 0 Å². The van der Waals surface area contributed by atoms with Crippen LogP contribution < -0.4 is 5.32 Å². The zero-order valence-electron chi connectivity index (χ0n) is 11.7. The molecule has 1 rings (SSSR count). The van der Waals surface area contributed by atoms with E-state index < -0.39 is 17.5 Å². The van der Waals surface area contributed by atoms with E-state index in [1.165, 1.54) is 24.3 Å². The molecular weight excluding hydrogens is 259 g/mol. The molecule has 5 heteroatoms. The summed E-state index contributed by atoms with van der Waals surface area (Å²) < 4.78 is 18.6. The second-order valence-corrected chi connectivity index (χ2v) is 5.13. The van der Waals surface area contributed by atoms with Gasteiger partial charge in [-0.1, -0.05) is 18.2 Å². The van der Waals surface area contributed by atoms with Gasteiger partial charge >= 0.3 is 6.09 Å². The molecule has 0 bridgehead atoms. The second-order valence-electron chi connectivity index (χ2n) is 5.13. The molecule has 0 saturated carbocycles.